The number of hydrogen-bond donors (Lipinski definition) is 1. The molecule has 1 aromatic carbocycles. The van der Waals surface area contributed by atoms with Crippen LogP contribution in [0, 0.1) is 13.8 Å². The summed E-state index contributed by atoms with van der Waals surface area (Å²) in [5.41, 5.74) is 0.733. The third kappa shape index (κ3) is 3.71. The molecule has 0 bridgehead atoms. The molecule has 2 rings (SSSR count). The number of methoxy groups -OCH3 is 2. The lowest BCUT2D eigenvalue weighted by atomic mass is 10.1. The van der Waals surface area contributed by atoms with Gasteiger partial charge in [-0.25, -0.2) is 9.59 Å². The van der Waals surface area contributed by atoms with Crippen LogP contribution in [0.5, 0.6) is 0 Å². The van der Waals surface area contributed by atoms with Crippen LogP contribution in [0.3, 0.4) is 0 Å². The first-order valence-corrected chi connectivity index (χ1v) is 8.89. The maximum absolute atomic E-state index is 12.3. The highest BCUT2D eigenvalue weighted by Gasteiger charge is 2.35. The Bertz CT molecular complexity index is 888. The van der Waals surface area contributed by atoms with Crippen LogP contribution in [0.2, 0.25) is 0 Å². The molecule has 0 saturated carbocycles. The molecule has 10 heteroatoms. The molecule has 142 valence electrons. The molecule has 0 atom stereocenters. The van der Waals surface area contributed by atoms with Gasteiger partial charge in [0.2, 0.25) is 0 Å². The van der Waals surface area contributed by atoms with Gasteiger partial charge in [-0.15, -0.1) is 0 Å². The zero-order valence-electron chi connectivity index (χ0n) is 14.7. The standard InChI is InChI=1S/C16H19NO8S/c1-9-5-10(2)13(12(6-9)26(20,21)22)17-8-25-7-11(15(18)23-3)14(17)16(19)24-4/h5-6H,7-8H2,1-4H3,(H,20,21,22). The molecule has 1 aromatic rings. The molecule has 0 unspecified atom stereocenters. The van der Waals surface area contributed by atoms with Crippen LogP contribution in [0.15, 0.2) is 28.3 Å². The molecular weight excluding hydrogens is 366 g/mol. The Morgan fingerprint density at radius 3 is 2.31 bits per heavy atom. The molecule has 0 fully saturated rings. The first-order chi connectivity index (χ1) is 12.1. The van der Waals surface area contributed by atoms with E-state index in [1.54, 1.807) is 19.9 Å². The van der Waals surface area contributed by atoms with Crippen LogP contribution in [-0.4, -0.2) is 52.5 Å². The summed E-state index contributed by atoms with van der Waals surface area (Å²) in [6.07, 6.45) is 0. The molecule has 9 nitrogen and oxygen atoms in total. The zero-order valence-corrected chi connectivity index (χ0v) is 15.5. The molecule has 1 aliphatic rings. The summed E-state index contributed by atoms with van der Waals surface area (Å²) in [7, 11) is -2.34. The van der Waals surface area contributed by atoms with Gasteiger partial charge >= 0.3 is 11.9 Å². The Morgan fingerprint density at radius 1 is 1.15 bits per heavy atom. The molecule has 0 amide bonds. The zero-order chi connectivity index (χ0) is 19.6. The Labute approximate surface area is 150 Å². The first-order valence-electron chi connectivity index (χ1n) is 7.45. The van der Waals surface area contributed by atoms with Crippen molar-refractivity contribution in [1.29, 1.82) is 0 Å². The number of hydrogen-bond acceptors (Lipinski definition) is 8. The average Bonchev–Trinajstić information content (AvgIpc) is 2.58. The van der Waals surface area contributed by atoms with Crippen molar-refractivity contribution in [1.82, 2.24) is 0 Å². The van der Waals surface area contributed by atoms with E-state index in [1.165, 1.54) is 11.0 Å². The molecule has 1 aliphatic heterocycles. The highest BCUT2D eigenvalue weighted by atomic mass is 32.2. The number of carbonyl (C=O) groups is 2. The van der Waals surface area contributed by atoms with Crippen molar-refractivity contribution >= 4 is 27.7 Å². The summed E-state index contributed by atoms with van der Waals surface area (Å²) in [6.45, 7) is 2.84. The fraction of sp³-hybridized carbons (Fsp3) is 0.375. The Morgan fingerprint density at radius 2 is 1.77 bits per heavy atom. The second-order valence-electron chi connectivity index (χ2n) is 5.62. The number of benzene rings is 1. The summed E-state index contributed by atoms with van der Waals surface area (Å²) in [4.78, 5) is 25.1. The van der Waals surface area contributed by atoms with Gasteiger partial charge < -0.3 is 19.1 Å². The molecule has 0 aliphatic carbocycles. The fourth-order valence-electron chi connectivity index (χ4n) is 2.78. The van der Waals surface area contributed by atoms with E-state index in [9.17, 15) is 22.6 Å². The van der Waals surface area contributed by atoms with Gasteiger partial charge in [0.15, 0.2) is 0 Å². The topological polar surface area (TPSA) is 119 Å². The second-order valence-corrected chi connectivity index (χ2v) is 7.01. The van der Waals surface area contributed by atoms with Crippen molar-refractivity contribution in [3.05, 3.63) is 34.5 Å². The van der Waals surface area contributed by atoms with Crippen LogP contribution in [0.1, 0.15) is 11.1 Å². The van der Waals surface area contributed by atoms with Crippen molar-refractivity contribution in [2.45, 2.75) is 18.7 Å². The predicted octanol–water partition coefficient (Wildman–Crippen LogP) is 0.944. The van der Waals surface area contributed by atoms with Crippen molar-refractivity contribution in [2.75, 3.05) is 32.5 Å². The SMILES string of the molecule is COC(=O)C1=C(C(=O)OC)N(c2c(C)cc(C)cc2S(=O)(=O)O)COC1. The Balaban J connectivity index is 2.82. The largest absolute Gasteiger partial charge is 0.466 e. The highest BCUT2D eigenvalue weighted by Crippen LogP contribution is 2.35. The summed E-state index contributed by atoms with van der Waals surface area (Å²) < 4.78 is 48.1. The minimum Gasteiger partial charge on any atom is -0.466 e. The van der Waals surface area contributed by atoms with E-state index < -0.39 is 27.0 Å². The number of aryl methyl sites for hydroxylation is 2. The number of nitrogens with zero attached hydrogens (tertiary/aromatic N) is 1. The fourth-order valence-corrected chi connectivity index (χ4v) is 3.63. The van der Waals surface area contributed by atoms with Crippen molar-refractivity contribution < 1.29 is 36.8 Å². The monoisotopic (exact) mass is 385 g/mol. The van der Waals surface area contributed by atoms with Gasteiger partial charge in [-0.2, -0.15) is 8.42 Å². The first kappa shape index (κ1) is 19.9. The lowest BCUT2D eigenvalue weighted by molar-refractivity contribution is -0.140. The number of ether oxygens (including phenoxy) is 3. The number of rotatable bonds is 4. The third-order valence-electron chi connectivity index (χ3n) is 3.79. The van der Waals surface area contributed by atoms with Crippen molar-refractivity contribution in [3.8, 4) is 0 Å². The quantitative estimate of drug-likeness (QED) is 0.596. The number of anilines is 1. The molecule has 1 N–H and O–H groups in total. The molecule has 0 aromatic heterocycles. The third-order valence-corrected chi connectivity index (χ3v) is 4.66. The summed E-state index contributed by atoms with van der Waals surface area (Å²) >= 11 is 0. The summed E-state index contributed by atoms with van der Waals surface area (Å²) in [5.74, 6) is -1.68. The lowest BCUT2D eigenvalue weighted by Gasteiger charge is -2.33. The van der Waals surface area contributed by atoms with Gasteiger partial charge in [0.1, 0.15) is 17.3 Å². The molecule has 0 spiro atoms. The normalized spacial score (nSPS) is 15.0. The molecule has 0 saturated heterocycles. The summed E-state index contributed by atoms with van der Waals surface area (Å²) in [6, 6.07) is 2.93. The van der Waals surface area contributed by atoms with Crippen LogP contribution >= 0.6 is 0 Å². The predicted molar refractivity (Wildman–Crippen MR) is 90.1 cm³/mol. The maximum Gasteiger partial charge on any atom is 0.355 e. The van der Waals surface area contributed by atoms with Gasteiger partial charge in [0.25, 0.3) is 10.1 Å². The molecule has 26 heavy (non-hydrogen) atoms. The van der Waals surface area contributed by atoms with Crippen LogP contribution in [0.4, 0.5) is 5.69 Å². The smallest absolute Gasteiger partial charge is 0.355 e. The average molecular weight is 385 g/mol. The molecular formula is C16H19NO8S. The van der Waals surface area contributed by atoms with E-state index in [0.29, 0.717) is 11.1 Å². The molecule has 1 heterocycles. The minimum absolute atomic E-state index is 0.0135. The minimum atomic E-state index is -4.62. The summed E-state index contributed by atoms with van der Waals surface area (Å²) in [5, 5.41) is 0. The van der Waals surface area contributed by atoms with Crippen molar-refractivity contribution in [3.63, 3.8) is 0 Å². The maximum atomic E-state index is 12.3. The van der Waals surface area contributed by atoms with Crippen LogP contribution in [-0.2, 0) is 33.9 Å². The van der Waals surface area contributed by atoms with Crippen LogP contribution in [0.25, 0.3) is 0 Å². The van der Waals surface area contributed by atoms with E-state index >= 15 is 0 Å². The number of carbonyl (C=O) groups excluding carboxylic acids is 2. The Hall–Kier alpha value is -2.43. The van der Waals surface area contributed by atoms with Crippen molar-refractivity contribution in [2.24, 2.45) is 0 Å². The van der Waals surface area contributed by atoms with E-state index in [0.717, 1.165) is 14.2 Å². The number of esters is 2. The highest BCUT2D eigenvalue weighted by molar-refractivity contribution is 7.86. The van der Waals surface area contributed by atoms with E-state index in [1.807, 2.05) is 0 Å². The van der Waals surface area contributed by atoms with E-state index in [4.69, 9.17) is 9.47 Å². The van der Waals surface area contributed by atoms with Gasteiger partial charge in [0, 0.05) is 0 Å². The Kier molecular flexibility index (Phi) is 5.69. The lowest BCUT2D eigenvalue weighted by Crippen LogP contribution is -2.39. The van der Waals surface area contributed by atoms with E-state index in [2.05, 4.69) is 4.74 Å². The van der Waals surface area contributed by atoms with Gasteiger partial charge in [-0.3, -0.25) is 4.55 Å². The van der Waals surface area contributed by atoms with Gasteiger partial charge in [-0.1, -0.05) is 6.07 Å². The van der Waals surface area contributed by atoms with E-state index in [-0.39, 0.29) is 30.3 Å². The van der Waals surface area contributed by atoms with Crippen LogP contribution < -0.4 is 4.90 Å². The van der Waals surface area contributed by atoms with Gasteiger partial charge in [0.05, 0.1) is 32.1 Å². The molecule has 0 radical (unpaired) electrons. The van der Waals surface area contributed by atoms with Gasteiger partial charge in [-0.05, 0) is 31.0 Å². The second kappa shape index (κ2) is 7.44.